The maximum absolute atomic E-state index is 11.5. The van der Waals surface area contributed by atoms with Gasteiger partial charge in [0.1, 0.15) is 5.52 Å². The first kappa shape index (κ1) is 10.7. The number of hydrogen-bond acceptors (Lipinski definition) is 3. The number of benzene rings is 1. The van der Waals surface area contributed by atoms with E-state index in [-0.39, 0.29) is 5.91 Å². The molecule has 0 unspecified atom stereocenters. The van der Waals surface area contributed by atoms with E-state index in [1.165, 1.54) is 0 Å². The second kappa shape index (κ2) is 4.79. The van der Waals surface area contributed by atoms with Crippen molar-refractivity contribution in [2.75, 3.05) is 5.32 Å². The first-order valence-electron chi connectivity index (χ1n) is 5.36. The van der Waals surface area contributed by atoms with Gasteiger partial charge in [0.05, 0.1) is 0 Å². The van der Waals surface area contributed by atoms with Crippen LogP contribution in [0, 0.1) is 6.39 Å². The second-order valence-electron chi connectivity index (χ2n) is 3.64. The van der Waals surface area contributed by atoms with E-state index in [1.54, 1.807) is 18.2 Å². The van der Waals surface area contributed by atoms with Crippen LogP contribution in [0.25, 0.3) is 11.1 Å². The molecule has 0 spiro atoms. The third kappa shape index (κ3) is 2.39. The number of carbonyl (C=O) groups excluding carboxylic acids is 1. The molecule has 0 aliphatic rings. The van der Waals surface area contributed by atoms with Gasteiger partial charge >= 0.3 is 0 Å². The van der Waals surface area contributed by atoms with Crippen LogP contribution in [-0.2, 0) is 4.79 Å². The maximum atomic E-state index is 11.5. The van der Waals surface area contributed by atoms with Gasteiger partial charge in [0.15, 0.2) is 5.58 Å². The molecule has 2 rings (SSSR count). The fourth-order valence-corrected chi connectivity index (χ4v) is 1.45. The molecule has 83 valence electrons. The molecule has 1 aromatic carbocycles. The van der Waals surface area contributed by atoms with Crippen LogP contribution in [0.3, 0.4) is 0 Å². The summed E-state index contributed by atoms with van der Waals surface area (Å²) in [6, 6.07) is 5.35. The van der Waals surface area contributed by atoms with Crippen molar-refractivity contribution in [1.29, 1.82) is 0 Å². The van der Waals surface area contributed by atoms with E-state index in [2.05, 4.69) is 23.6 Å². The number of aromatic nitrogens is 1. The summed E-state index contributed by atoms with van der Waals surface area (Å²) in [5.41, 5.74) is 2.12. The van der Waals surface area contributed by atoms with Crippen LogP contribution in [0.4, 0.5) is 5.69 Å². The number of oxazole rings is 1. The zero-order valence-corrected chi connectivity index (χ0v) is 9.12. The number of hydrogen-bond donors (Lipinski definition) is 1. The summed E-state index contributed by atoms with van der Waals surface area (Å²) >= 11 is 0. The highest BCUT2D eigenvalue weighted by Gasteiger charge is 2.04. The van der Waals surface area contributed by atoms with E-state index in [1.807, 2.05) is 0 Å². The number of fused-ring (bicyclic) bond motifs is 1. The number of amides is 1. The van der Waals surface area contributed by atoms with E-state index >= 15 is 0 Å². The molecule has 4 nitrogen and oxygen atoms in total. The summed E-state index contributed by atoms with van der Waals surface area (Å²) in [5.74, 6) is 0.0358. The van der Waals surface area contributed by atoms with E-state index in [0.717, 1.165) is 18.5 Å². The predicted octanol–water partition coefficient (Wildman–Crippen LogP) is 2.76. The Bertz CT molecular complexity index is 490. The molecule has 0 aliphatic heterocycles. The Balaban J connectivity index is 2.06. The smallest absolute Gasteiger partial charge is 0.284 e. The van der Waals surface area contributed by atoms with Gasteiger partial charge in [-0.2, -0.15) is 0 Å². The molecule has 0 saturated carbocycles. The Morgan fingerprint density at radius 2 is 2.44 bits per heavy atom. The molecule has 4 heteroatoms. The van der Waals surface area contributed by atoms with Gasteiger partial charge in [-0.25, -0.2) is 4.98 Å². The van der Waals surface area contributed by atoms with Crippen molar-refractivity contribution in [3.63, 3.8) is 0 Å². The molecular formula is C12H13N2O2. The van der Waals surface area contributed by atoms with Gasteiger partial charge in [0.25, 0.3) is 6.39 Å². The fourth-order valence-electron chi connectivity index (χ4n) is 1.45. The van der Waals surface area contributed by atoms with Crippen molar-refractivity contribution < 1.29 is 9.21 Å². The van der Waals surface area contributed by atoms with E-state index in [0.29, 0.717) is 17.5 Å². The van der Waals surface area contributed by atoms with Crippen LogP contribution in [-0.4, -0.2) is 10.9 Å². The van der Waals surface area contributed by atoms with Crippen LogP contribution in [0.15, 0.2) is 22.6 Å². The van der Waals surface area contributed by atoms with Crippen LogP contribution in [0.2, 0.25) is 0 Å². The van der Waals surface area contributed by atoms with Gasteiger partial charge in [-0.1, -0.05) is 13.3 Å². The van der Waals surface area contributed by atoms with Crippen molar-refractivity contribution in [3.05, 3.63) is 24.6 Å². The van der Waals surface area contributed by atoms with Crippen molar-refractivity contribution in [3.8, 4) is 0 Å². The summed E-state index contributed by atoms with van der Waals surface area (Å²) in [6.45, 7) is 2.06. The van der Waals surface area contributed by atoms with Crippen LogP contribution in [0.5, 0.6) is 0 Å². The average molecular weight is 217 g/mol. The highest BCUT2D eigenvalue weighted by Crippen LogP contribution is 2.17. The number of rotatable bonds is 4. The van der Waals surface area contributed by atoms with Crippen LogP contribution in [0.1, 0.15) is 26.2 Å². The highest BCUT2D eigenvalue weighted by atomic mass is 16.3. The number of carbonyl (C=O) groups is 1. The number of nitrogens with zero attached hydrogens (tertiary/aromatic N) is 1. The zero-order chi connectivity index (χ0) is 11.4. The van der Waals surface area contributed by atoms with E-state index in [4.69, 9.17) is 4.42 Å². The monoisotopic (exact) mass is 217 g/mol. The third-order valence-corrected chi connectivity index (χ3v) is 2.32. The summed E-state index contributed by atoms with van der Waals surface area (Å²) < 4.78 is 4.99. The molecule has 0 fully saturated rings. The lowest BCUT2D eigenvalue weighted by Gasteiger charge is -2.03. The standard InChI is InChI=1S/C12H13N2O2/c1-2-3-4-12(15)14-9-5-6-11-10(7-9)13-8-16-11/h5-7H,2-4H2,1H3,(H,14,15). The lowest BCUT2D eigenvalue weighted by atomic mass is 10.2. The largest absolute Gasteiger partial charge is 0.432 e. The summed E-state index contributed by atoms with van der Waals surface area (Å²) in [6.07, 6.45) is 4.90. The Morgan fingerprint density at radius 3 is 3.25 bits per heavy atom. The van der Waals surface area contributed by atoms with Crippen LogP contribution >= 0.6 is 0 Å². The Kier molecular flexibility index (Phi) is 3.19. The minimum absolute atomic E-state index is 0.0358. The summed E-state index contributed by atoms with van der Waals surface area (Å²) in [7, 11) is 0. The quantitative estimate of drug-likeness (QED) is 0.856. The molecular weight excluding hydrogens is 204 g/mol. The molecule has 1 heterocycles. The molecule has 0 aliphatic carbocycles. The minimum atomic E-state index is 0.0358. The van der Waals surface area contributed by atoms with Crippen LogP contribution < -0.4 is 5.32 Å². The van der Waals surface area contributed by atoms with Gasteiger partial charge in [0, 0.05) is 12.1 Å². The normalized spacial score (nSPS) is 10.6. The van der Waals surface area contributed by atoms with Crippen molar-refractivity contribution in [1.82, 2.24) is 4.98 Å². The lowest BCUT2D eigenvalue weighted by Crippen LogP contribution is -2.10. The maximum Gasteiger partial charge on any atom is 0.284 e. The molecule has 1 radical (unpaired) electrons. The molecule has 0 bridgehead atoms. The highest BCUT2D eigenvalue weighted by molar-refractivity contribution is 5.92. The van der Waals surface area contributed by atoms with Crippen molar-refractivity contribution >= 4 is 22.7 Å². The van der Waals surface area contributed by atoms with Gasteiger partial charge in [-0.3, -0.25) is 4.79 Å². The van der Waals surface area contributed by atoms with Gasteiger partial charge in [0.2, 0.25) is 5.91 Å². The Labute approximate surface area is 93.7 Å². The van der Waals surface area contributed by atoms with Crippen molar-refractivity contribution in [2.24, 2.45) is 0 Å². The Hall–Kier alpha value is -1.84. The van der Waals surface area contributed by atoms with Crippen molar-refractivity contribution in [2.45, 2.75) is 26.2 Å². The molecule has 1 N–H and O–H groups in total. The van der Waals surface area contributed by atoms with E-state index in [9.17, 15) is 4.79 Å². The van der Waals surface area contributed by atoms with Gasteiger partial charge in [-0.15, -0.1) is 0 Å². The average Bonchev–Trinajstić information content (AvgIpc) is 2.73. The topological polar surface area (TPSA) is 55.1 Å². The second-order valence-corrected chi connectivity index (χ2v) is 3.64. The summed E-state index contributed by atoms with van der Waals surface area (Å²) in [4.78, 5) is 15.4. The zero-order valence-electron chi connectivity index (χ0n) is 9.12. The van der Waals surface area contributed by atoms with Gasteiger partial charge in [-0.05, 0) is 24.6 Å². The summed E-state index contributed by atoms with van der Waals surface area (Å²) in [5, 5.41) is 2.82. The first-order chi connectivity index (χ1) is 7.79. The van der Waals surface area contributed by atoms with Gasteiger partial charge < -0.3 is 9.73 Å². The number of anilines is 1. The Morgan fingerprint density at radius 1 is 1.56 bits per heavy atom. The first-order valence-corrected chi connectivity index (χ1v) is 5.36. The predicted molar refractivity (Wildman–Crippen MR) is 61.0 cm³/mol. The molecule has 0 atom stereocenters. The number of nitrogens with one attached hydrogen (secondary N) is 1. The minimum Gasteiger partial charge on any atom is -0.432 e. The molecule has 1 aromatic heterocycles. The molecule has 2 aromatic rings. The van der Waals surface area contributed by atoms with E-state index < -0.39 is 0 Å². The molecule has 0 saturated heterocycles. The lowest BCUT2D eigenvalue weighted by molar-refractivity contribution is -0.116. The molecule has 16 heavy (non-hydrogen) atoms. The third-order valence-electron chi connectivity index (χ3n) is 2.32. The number of unbranched alkanes of at least 4 members (excludes halogenated alkanes) is 1. The fraction of sp³-hybridized carbons (Fsp3) is 0.333. The molecule has 1 amide bonds. The SMILES string of the molecule is CCCCC(=O)Nc1ccc2o[c]nc2c1.